The van der Waals surface area contributed by atoms with Crippen LogP contribution in [0.1, 0.15) is 42.6 Å². The first kappa shape index (κ1) is 22.8. The van der Waals surface area contributed by atoms with E-state index in [1.54, 1.807) is 13.1 Å². The summed E-state index contributed by atoms with van der Waals surface area (Å²) in [5, 5.41) is 7.17. The van der Waals surface area contributed by atoms with Crippen molar-refractivity contribution < 1.29 is 4.79 Å². The summed E-state index contributed by atoms with van der Waals surface area (Å²) in [6.07, 6.45) is 2.35. The summed E-state index contributed by atoms with van der Waals surface area (Å²) in [5.74, 6) is -0.135. The number of hydrogen-bond acceptors (Lipinski definition) is 5. The number of rotatable bonds is 4. The minimum atomic E-state index is -0.448. The molecule has 182 valence electrons. The van der Waals surface area contributed by atoms with Gasteiger partial charge in [0.1, 0.15) is 6.04 Å². The first-order valence-corrected chi connectivity index (χ1v) is 12.4. The predicted octanol–water partition coefficient (Wildman–Crippen LogP) is 5.53. The molecule has 7 heteroatoms. The van der Waals surface area contributed by atoms with Gasteiger partial charge in [-0.1, -0.05) is 61.0 Å². The zero-order valence-corrected chi connectivity index (χ0v) is 20.6. The maximum Gasteiger partial charge on any atom is 0.258 e. The highest BCUT2D eigenvalue weighted by molar-refractivity contribution is 6.13. The van der Waals surface area contributed by atoms with Crippen LogP contribution in [-0.2, 0) is 4.79 Å². The van der Waals surface area contributed by atoms with Crippen LogP contribution in [-0.4, -0.2) is 31.6 Å². The standard InChI is InChI=1S/C30H25N5O2/c1-3-27(36)35-26(25-17-31-22-11-7-8-12-23(22)32-25)16-24(34-35)29-28(19-9-5-4-6-10-19)20-15-18(2)13-14-21(20)33-30(29)37/h4-15,17,26H,3,16H2,1-2H3,(H,33,37). The molecule has 0 aliphatic carbocycles. The van der Waals surface area contributed by atoms with Gasteiger partial charge < -0.3 is 4.98 Å². The number of amides is 1. The zero-order chi connectivity index (χ0) is 25.5. The summed E-state index contributed by atoms with van der Waals surface area (Å²) >= 11 is 0. The number of hydrogen-bond donors (Lipinski definition) is 1. The lowest BCUT2D eigenvalue weighted by Crippen LogP contribution is -2.26. The van der Waals surface area contributed by atoms with Crippen LogP contribution >= 0.6 is 0 Å². The quantitative estimate of drug-likeness (QED) is 0.361. The number of pyridine rings is 1. The number of aryl methyl sites for hydroxylation is 1. The van der Waals surface area contributed by atoms with Gasteiger partial charge in [0, 0.05) is 29.3 Å². The van der Waals surface area contributed by atoms with Gasteiger partial charge in [-0.2, -0.15) is 5.10 Å². The summed E-state index contributed by atoms with van der Waals surface area (Å²) in [5.41, 5.74) is 6.57. The minimum absolute atomic E-state index is 0.135. The molecule has 3 aromatic carbocycles. The summed E-state index contributed by atoms with van der Waals surface area (Å²) < 4.78 is 0. The first-order valence-electron chi connectivity index (χ1n) is 12.4. The number of benzene rings is 3. The molecule has 6 rings (SSSR count). The molecule has 1 aliphatic heterocycles. The molecule has 3 heterocycles. The molecule has 0 fully saturated rings. The van der Waals surface area contributed by atoms with Crippen molar-refractivity contribution in [1.29, 1.82) is 0 Å². The highest BCUT2D eigenvalue weighted by Crippen LogP contribution is 2.37. The molecule has 37 heavy (non-hydrogen) atoms. The van der Waals surface area contributed by atoms with Gasteiger partial charge >= 0.3 is 0 Å². The third-order valence-corrected chi connectivity index (χ3v) is 6.80. The normalized spacial score (nSPS) is 15.4. The fourth-order valence-electron chi connectivity index (χ4n) is 5.00. The molecule has 1 unspecified atom stereocenters. The molecule has 1 aliphatic rings. The number of carbonyl (C=O) groups excluding carboxylic acids is 1. The molecule has 0 bridgehead atoms. The second-order valence-electron chi connectivity index (χ2n) is 9.26. The molecular formula is C30H25N5O2. The highest BCUT2D eigenvalue weighted by Gasteiger charge is 2.36. The van der Waals surface area contributed by atoms with E-state index in [9.17, 15) is 9.59 Å². The van der Waals surface area contributed by atoms with Gasteiger partial charge in [0.25, 0.3) is 5.56 Å². The summed E-state index contributed by atoms with van der Waals surface area (Å²) in [7, 11) is 0. The number of H-pyrrole nitrogens is 1. The molecule has 0 saturated heterocycles. The minimum Gasteiger partial charge on any atom is -0.321 e. The Labute approximate surface area is 213 Å². The molecule has 1 atom stereocenters. The molecule has 1 amide bonds. The lowest BCUT2D eigenvalue weighted by molar-refractivity contribution is -0.132. The molecule has 0 saturated carbocycles. The van der Waals surface area contributed by atoms with E-state index < -0.39 is 6.04 Å². The van der Waals surface area contributed by atoms with Gasteiger partial charge in [-0.05, 0) is 36.8 Å². The van der Waals surface area contributed by atoms with E-state index in [-0.39, 0.29) is 17.9 Å². The van der Waals surface area contributed by atoms with Crippen molar-refractivity contribution in [2.24, 2.45) is 5.10 Å². The van der Waals surface area contributed by atoms with E-state index in [1.807, 2.05) is 73.7 Å². The smallest absolute Gasteiger partial charge is 0.258 e. The van der Waals surface area contributed by atoms with Crippen molar-refractivity contribution in [2.75, 3.05) is 0 Å². The van der Waals surface area contributed by atoms with E-state index in [2.05, 4.69) is 16.0 Å². The van der Waals surface area contributed by atoms with Crippen molar-refractivity contribution in [3.63, 3.8) is 0 Å². The Morgan fingerprint density at radius 1 is 1.00 bits per heavy atom. The summed E-state index contributed by atoms with van der Waals surface area (Å²) in [4.78, 5) is 39.0. The lowest BCUT2D eigenvalue weighted by Gasteiger charge is -2.20. The predicted molar refractivity (Wildman–Crippen MR) is 145 cm³/mol. The number of nitrogens with one attached hydrogen (secondary N) is 1. The van der Waals surface area contributed by atoms with Crippen molar-refractivity contribution in [1.82, 2.24) is 20.0 Å². The number of carbonyl (C=O) groups is 1. The third-order valence-electron chi connectivity index (χ3n) is 6.80. The van der Waals surface area contributed by atoms with Crippen LogP contribution in [0.5, 0.6) is 0 Å². The molecule has 1 N–H and O–H groups in total. The van der Waals surface area contributed by atoms with Crippen LogP contribution in [0.25, 0.3) is 33.1 Å². The van der Waals surface area contributed by atoms with Crippen LogP contribution < -0.4 is 5.56 Å². The molecule has 7 nitrogen and oxygen atoms in total. The van der Waals surface area contributed by atoms with Crippen LogP contribution in [0.4, 0.5) is 0 Å². The van der Waals surface area contributed by atoms with Crippen LogP contribution in [0.3, 0.4) is 0 Å². The van der Waals surface area contributed by atoms with Crippen molar-refractivity contribution >= 4 is 33.6 Å². The van der Waals surface area contributed by atoms with E-state index in [1.165, 1.54) is 5.01 Å². The lowest BCUT2D eigenvalue weighted by atomic mass is 9.91. The van der Waals surface area contributed by atoms with Gasteiger partial charge in [-0.15, -0.1) is 0 Å². The van der Waals surface area contributed by atoms with Crippen LogP contribution in [0.2, 0.25) is 0 Å². The second-order valence-corrected chi connectivity index (χ2v) is 9.26. The number of para-hydroxylation sites is 2. The Hall–Kier alpha value is -4.65. The summed E-state index contributed by atoms with van der Waals surface area (Å²) in [6.45, 7) is 3.84. The van der Waals surface area contributed by atoms with Gasteiger partial charge in [-0.3, -0.25) is 14.6 Å². The first-order chi connectivity index (χ1) is 18.0. The second kappa shape index (κ2) is 9.09. The van der Waals surface area contributed by atoms with E-state index in [0.29, 0.717) is 23.4 Å². The maximum absolute atomic E-state index is 13.6. The number of aromatic nitrogens is 3. The monoisotopic (exact) mass is 487 g/mol. The number of nitrogens with zero attached hydrogens (tertiary/aromatic N) is 4. The van der Waals surface area contributed by atoms with E-state index >= 15 is 0 Å². The van der Waals surface area contributed by atoms with Gasteiger partial charge in [0.15, 0.2) is 0 Å². The Kier molecular flexibility index (Phi) is 5.60. The third kappa shape index (κ3) is 3.98. The topological polar surface area (TPSA) is 91.3 Å². The fraction of sp³-hybridized carbons (Fsp3) is 0.167. The van der Waals surface area contributed by atoms with Crippen LogP contribution in [0.15, 0.2) is 88.9 Å². The van der Waals surface area contributed by atoms with Crippen molar-refractivity contribution in [2.45, 2.75) is 32.7 Å². The van der Waals surface area contributed by atoms with Gasteiger partial charge in [-0.25, -0.2) is 9.99 Å². The van der Waals surface area contributed by atoms with E-state index in [4.69, 9.17) is 10.1 Å². The maximum atomic E-state index is 13.6. The number of aromatic amines is 1. The number of hydrazone groups is 1. The highest BCUT2D eigenvalue weighted by atomic mass is 16.2. The molecule has 2 aromatic heterocycles. The van der Waals surface area contributed by atoms with Gasteiger partial charge in [0.2, 0.25) is 5.91 Å². The van der Waals surface area contributed by atoms with Gasteiger partial charge in [0.05, 0.1) is 34.2 Å². The zero-order valence-electron chi connectivity index (χ0n) is 20.6. The number of fused-ring (bicyclic) bond motifs is 2. The Bertz CT molecular complexity index is 1760. The molecule has 0 spiro atoms. The Morgan fingerprint density at radius 2 is 1.76 bits per heavy atom. The van der Waals surface area contributed by atoms with Crippen molar-refractivity contribution in [3.8, 4) is 11.1 Å². The van der Waals surface area contributed by atoms with Crippen LogP contribution in [0, 0.1) is 6.92 Å². The van der Waals surface area contributed by atoms with Crippen molar-refractivity contribution in [3.05, 3.63) is 106 Å². The fourth-order valence-corrected chi connectivity index (χ4v) is 5.00. The largest absolute Gasteiger partial charge is 0.321 e. The Balaban J connectivity index is 1.55. The molecular weight excluding hydrogens is 462 g/mol. The summed E-state index contributed by atoms with van der Waals surface area (Å²) in [6, 6.07) is 23.0. The SMILES string of the molecule is CCC(=O)N1N=C(c2c(-c3ccccc3)c3cc(C)ccc3[nH]c2=O)CC1c1cnc2ccccc2n1. The van der Waals surface area contributed by atoms with E-state index in [0.717, 1.165) is 38.6 Å². The molecule has 5 aromatic rings. The molecule has 0 radical (unpaired) electrons. The average Bonchev–Trinajstić information content (AvgIpc) is 3.37. The average molecular weight is 488 g/mol. The Morgan fingerprint density at radius 3 is 2.54 bits per heavy atom.